The summed E-state index contributed by atoms with van der Waals surface area (Å²) in [6.45, 7) is 2.49. The second-order valence-corrected chi connectivity index (χ2v) is 9.02. The molecule has 0 bridgehead atoms. The maximum atomic E-state index is 13.1. The van der Waals surface area contributed by atoms with Crippen LogP contribution < -0.4 is 15.0 Å². The monoisotopic (exact) mass is 420 g/mol. The van der Waals surface area contributed by atoms with Crippen LogP contribution in [0.4, 0.5) is 5.69 Å². The van der Waals surface area contributed by atoms with Crippen LogP contribution in [0.15, 0.2) is 36.4 Å². The zero-order valence-corrected chi connectivity index (χ0v) is 17.3. The summed E-state index contributed by atoms with van der Waals surface area (Å²) >= 11 is 0. The molecular formula is C20H24N2O6S. The number of hydrogen-bond acceptors (Lipinski definition) is 7. The number of nitrogens with one attached hydrogen (secondary N) is 1. The molecule has 1 atom stereocenters. The number of anilines is 1. The van der Waals surface area contributed by atoms with E-state index in [0.717, 1.165) is 6.26 Å². The maximum Gasteiger partial charge on any atom is 0.257 e. The molecule has 8 nitrogen and oxygen atoms in total. The van der Waals surface area contributed by atoms with Gasteiger partial charge in [-0.05, 0) is 36.2 Å². The Morgan fingerprint density at radius 2 is 2.00 bits per heavy atom. The summed E-state index contributed by atoms with van der Waals surface area (Å²) < 4.78 is 35.2. The zero-order valence-electron chi connectivity index (χ0n) is 16.5. The van der Waals surface area contributed by atoms with Crippen LogP contribution in [0, 0.1) is 0 Å². The summed E-state index contributed by atoms with van der Waals surface area (Å²) in [7, 11) is -1.88. The van der Waals surface area contributed by atoms with Crippen molar-refractivity contribution in [3.8, 4) is 11.5 Å². The fourth-order valence-electron chi connectivity index (χ4n) is 3.55. The maximum absolute atomic E-state index is 13.1. The van der Waals surface area contributed by atoms with Crippen molar-refractivity contribution < 1.29 is 27.9 Å². The van der Waals surface area contributed by atoms with E-state index >= 15 is 0 Å². The number of methoxy groups -OCH3 is 1. The van der Waals surface area contributed by atoms with Crippen molar-refractivity contribution in [2.75, 3.05) is 31.2 Å². The summed E-state index contributed by atoms with van der Waals surface area (Å²) in [6.07, 6.45) is 1.14. The Hall–Kier alpha value is -2.78. The summed E-state index contributed by atoms with van der Waals surface area (Å²) in [5.41, 5.74) is 4.01. The highest BCUT2D eigenvalue weighted by molar-refractivity contribution is 7.90. The largest absolute Gasteiger partial charge is 0.493 e. The Bertz CT molecular complexity index is 1020. The zero-order chi connectivity index (χ0) is 21.2. The van der Waals surface area contributed by atoms with Crippen LogP contribution in [0.2, 0.25) is 0 Å². The van der Waals surface area contributed by atoms with Crippen molar-refractivity contribution in [2.45, 2.75) is 19.5 Å². The van der Waals surface area contributed by atoms with Gasteiger partial charge in [0, 0.05) is 12.8 Å². The van der Waals surface area contributed by atoms with Crippen LogP contribution in [0.1, 0.15) is 34.5 Å². The first-order chi connectivity index (χ1) is 13.8. The molecule has 1 amide bonds. The highest BCUT2D eigenvalue weighted by Gasteiger charge is 2.37. The van der Waals surface area contributed by atoms with E-state index < -0.39 is 15.9 Å². The first kappa shape index (κ1) is 20.9. The first-order valence-corrected chi connectivity index (χ1v) is 11.2. The molecule has 2 aromatic rings. The van der Waals surface area contributed by atoms with E-state index in [1.165, 1.54) is 12.0 Å². The Morgan fingerprint density at radius 1 is 1.24 bits per heavy atom. The third-order valence-electron chi connectivity index (χ3n) is 4.80. The van der Waals surface area contributed by atoms with Gasteiger partial charge in [-0.15, -0.1) is 0 Å². The molecule has 0 unspecified atom stereocenters. The molecule has 0 saturated carbocycles. The Labute approximate surface area is 169 Å². The van der Waals surface area contributed by atoms with Gasteiger partial charge in [-0.3, -0.25) is 15.5 Å². The van der Waals surface area contributed by atoms with Gasteiger partial charge in [0.05, 0.1) is 36.8 Å². The molecule has 0 spiro atoms. The highest BCUT2D eigenvalue weighted by atomic mass is 32.2. The van der Waals surface area contributed by atoms with Gasteiger partial charge in [-0.2, -0.15) is 0 Å². The van der Waals surface area contributed by atoms with Gasteiger partial charge in [0.15, 0.2) is 11.5 Å². The van der Waals surface area contributed by atoms with Crippen molar-refractivity contribution in [2.24, 2.45) is 0 Å². The third-order valence-corrected chi connectivity index (χ3v) is 5.72. The summed E-state index contributed by atoms with van der Waals surface area (Å²) in [4.78, 5) is 14.6. The predicted molar refractivity (Wildman–Crippen MR) is 108 cm³/mol. The van der Waals surface area contributed by atoms with Gasteiger partial charge in [-0.25, -0.2) is 8.42 Å². The summed E-state index contributed by atoms with van der Waals surface area (Å²) in [5, 5.41) is 9.35. The first-order valence-electron chi connectivity index (χ1n) is 9.10. The normalized spacial score (nSPS) is 14.5. The molecule has 0 fully saturated rings. The lowest BCUT2D eigenvalue weighted by molar-refractivity contribution is 0.0718. The lowest BCUT2D eigenvalue weighted by Gasteiger charge is -2.28. The molecule has 156 valence electrons. The number of amides is 1. The average molecular weight is 420 g/mol. The predicted octanol–water partition coefficient (Wildman–Crippen LogP) is 2.64. The van der Waals surface area contributed by atoms with Gasteiger partial charge in [0.25, 0.3) is 5.91 Å². The molecule has 2 N–H and O–H groups in total. The number of hydrogen-bond donors (Lipinski definition) is 2. The average Bonchev–Trinajstić information content (AvgIpc) is 3.02. The molecule has 9 heteroatoms. The van der Waals surface area contributed by atoms with Gasteiger partial charge in [0.1, 0.15) is 9.84 Å². The van der Waals surface area contributed by atoms with Crippen molar-refractivity contribution in [3.05, 3.63) is 53.1 Å². The van der Waals surface area contributed by atoms with E-state index in [2.05, 4.69) is 0 Å². The van der Waals surface area contributed by atoms with Gasteiger partial charge >= 0.3 is 0 Å². The lowest BCUT2D eigenvalue weighted by atomic mass is 10.1. The SMILES string of the molecule is CCOc1cc([C@@H](CS(C)(=O)=O)N2Cc3cccc(NO)c3C2=O)ccc1OC. The third kappa shape index (κ3) is 4.30. The summed E-state index contributed by atoms with van der Waals surface area (Å²) in [6, 6.07) is 9.52. The molecule has 0 radical (unpaired) electrons. The van der Waals surface area contributed by atoms with Crippen molar-refractivity contribution in [3.63, 3.8) is 0 Å². The molecule has 1 aliphatic heterocycles. The Kier molecular flexibility index (Phi) is 5.99. The fraction of sp³-hybridized carbons (Fsp3) is 0.350. The van der Waals surface area contributed by atoms with Crippen LogP contribution in [-0.2, 0) is 16.4 Å². The second-order valence-electron chi connectivity index (χ2n) is 6.84. The van der Waals surface area contributed by atoms with Crippen LogP contribution in [0.3, 0.4) is 0 Å². The van der Waals surface area contributed by atoms with E-state index in [1.807, 2.05) is 12.4 Å². The number of sulfone groups is 1. The quantitative estimate of drug-likeness (QED) is 0.633. The van der Waals surface area contributed by atoms with Crippen molar-refractivity contribution in [1.82, 2.24) is 4.90 Å². The number of fused-ring (bicyclic) bond motifs is 1. The van der Waals surface area contributed by atoms with E-state index in [9.17, 15) is 18.4 Å². The number of nitrogens with zero attached hydrogens (tertiary/aromatic N) is 1. The molecule has 0 aromatic heterocycles. The van der Waals surface area contributed by atoms with Crippen LogP contribution in [0.5, 0.6) is 11.5 Å². The van der Waals surface area contributed by atoms with Crippen LogP contribution in [0.25, 0.3) is 0 Å². The van der Waals surface area contributed by atoms with Crippen LogP contribution >= 0.6 is 0 Å². The minimum atomic E-state index is -3.41. The number of benzene rings is 2. The molecule has 1 heterocycles. The summed E-state index contributed by atoms with van der Waals surface area (Å²) in [5.74, 6) is 0.413. The fourth-order valence-corrected chi connectivity index (χ4v) is 4.50. The Balaban J connectivity index is 2.06. The number of carbonyl (C=O) groups is 1. The smallest absolute Gasteiger partial charge is 0.257 e. The van der Waals surface area contributed by atoms with Crippen molar-refractivity contribution >= 4 is 21.4 Å². The van der Waals surface area contributed by atoms with E-state index in [-0.39, 0.29) is 23.9 Å². The second kappa shape index (κ2) is 8.30. The number of rotatable bonds is 8. The van der Waals surface area contributed by atoms with E-state index in [4.69, 9.17) is 9.47 Å². The molecule has 0 aliphatic carbocycles. The molecule has 1 aliphatic rings. The number of ether oxygens (including phenoxy) is 2. The van der Waals surface area contributed by atoms with Gasteiger partial charge in [0.2, 0.25) is 0 Å². The minimum Gasteiger partial charge on any atom is -0.493 e. The van der Waals surface area contributed by atoms with E-state index in [0.29, 0.717) is 34.8 Å². The molecular weight excluding hydrogens is 396 g/mol. The highest BCUT2D eigenvalue weighted by Crippen LogP contribution is 2.38. The molecule has 0 saturated heterocycles. The standard InChI is InChI=1S/C20H24N2O6S/c1-4-28-18-10-13(8-9-17(18)27-2)16(12-29(3,25)26)22-11-14-6-5-7-15(21-24)19(14)20(22)23/h5-10,16,21,24H,4,11-12H2,1-3H3/t16-/m1/s1. The lowest BCUT2D eigenvalue weighted by Crippen LogP contribution is -2.33. The molecule has 3 rings (SSSR count). The van der Waals surface area contributed by atoms with Crippen LogP contribution in [-0.4, -0.2) is 50.2 Å². The van der Waals surface area contributed by atoms with Crippen molar-refractivity contribution in [1.29, 1.82) is 0 Å². The minimum absolute atomic E-state index is 0.236. The molecule has 29 heavy (non-hydrogen) atoms. The number of carbonyl (C=O) groups excluding carboxylic acids is 1. The molecule has 2 aromatic carbocycles. The Morgan fingerprint density at radius 3 is 2.62 bits per heavy atom. The van der Waals surface area contributed by atoms with E-state index in [1.54, 1.807) is 36.4 Å². The van der Waals surface area contributed by atoms with Gasteiger partial charge < -0.3 is 14.4 Å². The van der Waals surface area contributed by atoms with Gasteiger partial charge in [-0.1, -0.05) is 18.2 Å². The topological polar surface area (TPSA) is 105 Å².